The first-order chi connectivity index (χ1) is 6.14. The first-order valence-corrected chi connectivity index (χ1v) is 4.17. The van der Waals surface area contributed by atoms with Crippen molar-refractivity contribution in [2.24, 2.45) is 5.73 Å². The molecule has 0 radical (unpaired) electrons. The van der Waals surface area contributed by atoms with Gasteiger partial charge in [0.25, 0.3) is 5.91 Å². The molecule has 13 heavy (non-hydrogen) atoms. The maximum Gasteiger partial charge on any atom is 0.252 e. The van der Waals surface area contributed by atoms with Crippen molar-refractivity contribution >= 4 is 5.91 Å². The van der Waals surface area contributed by atoms with Gasteiger partial charge < -0.3 is 10.5 Å². The van der Waals surface area contributed by atoms with E-state index < -0.39 is 11.5 Å². The van der Waals surface area contributed by atoms with Gasteiger partial charge in [0.15, 0.2) is 5.60 Å². The number of epoxide rings is 1. The summed E-state index contributed by atoms with van der Waals surface area (Å²) in [4.78, 5) is 11.0. The van der Waals surface area contributed by atoms with E-state index in [0.717, 1.165) is 5.56 Å². The molecule has 0 saturated carbocycles. The molecule has 0 unspecified atom stereocenters. The van der Waals surface area contributed by atoms with Gasteiger partial charge in [-0.1, -0.05) is 30.3 Å². The fourth-order valence-corrected chi connectivity index (χ4v) is 1.41. The van der Waals surface area contributed by atoms with E-state index in [-0.39, 0.29) is 6.10 Å². The lowest BCUT2D eigenvalue weighted by Gasteiger charge is -1.99. The Morgan fingerprint density at radius 2 is 2.08 bits per heavy atom. The average molecular weight is 177 g/mol. The molecule has 1 amide bonds. The largest absolute Gasteiger partial charge is 0.367 e. The summed E-state index contributed by atoms with van der Waals surface area (Å²) in [6.45, 7) is 1.72. The van der Waals surface area contributed by atoms with E-state index >= 15 is 0 Å². The van der Waals surface area contributed by atoms with Crippen molar-refractivity contribution in [3.05, 3.63) is 35.9 Å². The van der Waals surface area contributed by atoms with Gasteiger partial charge in [-0.2, -0.15) is 0 Å². The van der Waals surface area contributed by atoms with Crippen LogP contribution in [0.15, 0.2) is 30.3 Å². The Morgan fingerprint density at radius 3 is 2.54 bits per heavy atom. The molecule has 0 spiro atoms. The second-order valence-corrected chi connectivity index (χ2v) is 3.38. The number of benzene rings is 1. The summed E-state index contributed by atoms with van der Waals surface area (Å²) in [5.74, 6) is -0.402. The molecule has 0 aromatic heterocycles. The van der Waals surface area contributed by atoms with Gasteiger partial charge in [-0.25, -0.2) is 0 Å². The lowest BCUT2D eigenvalue weighted by atomic mass is 10.0. The smallest absolute Gasteiger partial charge is 0.252 e. The molecule has 0 aliphatic carbocycles. The van der Waals surface area contributed by atoms with Crippen molar-refractivity contribution in [3.63, 3.8) is 0 Å². The van der Waals surface area contributed by atoms with Gasteiger partial charge in [0.2, 0.25) is 0 Å². The van der Waals surface area contributed by atoms with Crippen LogP contribution in [0.4, 0.5) is 0 Å². The van der Waals surface area contributed by atoms with Gasteiger partial charge in [-0.15, -0.1) is 0 Å². The fraction of sp³-hybridized carbons (Fsp3) is 0.300. The molecule has 2 atom stereocenters. The van der Waals surface area contributed by atoms with Crippen LogP contribution in [0.2, 0.25) is 0 Å². The van der Waals surface area contributed by atoms with Crippen molar-refractivity contribution in [1.82, 2.24) is 0 Å². The predicted octanol–water partition coefficient (Wildman–Crippen LogP) is 1.00. The monoisotopic (exact) mass is 177 g/mol. The molecule has 3 nitrogen and oxygen atoms in total. The average Bonchev–Trinajstić information content (AvgIpc) is 2.81. The minimum Gasteiger partial charge on any atom is -0.367 e. The zero-order valence-corrected chi connectivity index (χ0v) is 7.36. The number of carbonyl (C=O) groups excluding carboxylic acids is 1. The summed E-state index contributed by atoms with van der Waals surface area (Å²) in [6, 6.07) is 9.61. The topological polar surface area (TPSA) is 55.6 Å². The summed E-state index contributed by atoms with van der Waals surface area (Å²) in [5.41, 5.74) is 5.41. The zero-order valence-electron chi connectivity index (χ0n) is 7.36. The van der Waals surface area contributed by atoms with Gasteiger partial charge >= 0.3 is 0 Å². The second-order valence-electron chi connectivity index (χ2n) is 3.38. The van der Waals surface area contributed by atoms with Crippen LogP contribution in [0.5, 0.6) is 0 Å². The molecule has 2 N–H and O–H groups in total. The lowest BCUT2D eigenvalue weighted by molar-refractivity contribution is -0.122. The lowest BCUT2D eigenvalue weighted by Crippen LogP contribution is -2.29. The van der Waals surface area contributed by atoms with Gasteiger partial charge in [0, 0.05) is 0 Å². The second kappa shape index (κ2) is 2.57. The number of nitrogens with two attached hydrogens (primary N) is 1. The van der Waals surface area contributed by atoms with E-state index in [9.17, 15) is 4.79 Å². The van der Waals surface area contributed by atoms with E-state index in [4.69, 9.17) is 10.5 Å². The maximum absolute atomic E-state index is 11.0. The molecule has 1 aliphatic heterocycles. The number of carbonyl (C=O) groups is 1. The van der Waals surface area contributed by atoms with Crippen LogP contribution >= 0.6 is 0 Å². The number of rotatable bonds is 2. The van der Waals surface area contributed by atoms with E-state index in [1.54, 1.807) is 6.92 Å². The quantitative estimate of drug-likeness (QED) is 0.685. The third-order valence-corrected chi connectivity index (χ3v) is 2.40. The summed E-state index contributed by atoms with van der Waals surface area (Å²) in [6.07, 6.45) is -0.161. The van der Waals surface area contributed by atoms with Crippen LogP contribution in [0.25, 0.3) is 0 Å². The molecule has 2 rings (SSSR count). The van der Waals surface area contributed by atoms with Crippen molar-refractivity contribution in [3.8, 4) is 0 Å². The van der Waals surface area contributed by atoms with Gasteiger partial charge in [-0.05, 0) is 12.5 Å². The highest BCUT2D eigenvalue weighted by Gasteiger charge is 2.58. The van der Waals surface area contributed by atoms with Gasteiger partial charge in [-0.3, -0.25) is 4.79 Å². The molecule has 1 aliphatic rings. The number of ether oxygens (including phenoxy) is 1. The number of primary amides is 1. The maximum atomic E-state index is 11.0. The molecule has 1 aromatic rings. The number of amides is 1. The molecule has 0 bridgehead atoms. The summed E-state index contributed by atoms with van der Waals surface area (Å²) >= 11 is 0. The van der Waals surface area contributed by atoms with E-state index in [1.165, 1.54) is 0 Å². The third-order valence-electron chi connectivity index (χ3n) is 2.40. The Kier molecular flexibility index (Phi) is 1.63. The van der Waals surface area contributed by atoms with Crippen molar-refractivity contribution < 1.29 is 9.53 Å². The molecule has 1 fully saturated rings. The third kappa shape index (κ3) is 1.21. The number of hydrogen-bond acceptors (Lipinski definition) is 2. The molecule has 68 valence electrons. The Hall–Kier alpha value is -1.35. The molecule has 3 heteroatoms. The van der Waals surface area contributed by atoms with Crippen LogP contribution in [0, 0.1) is 0 Å². The molecular formula is C10H11NO2. The van der Waals surface area contributed by atoms with Crippen molar-refractivity contribution in [1.29, 1.82) is 0 Å². The Bertz CT molecular complexity index is 336. The van der Waals surface area contributed by atoms with Crippen LogP contribution < -0.4 is 5.73 Å². The fourth-order valence-electron chi connectivity index (χ4n) is 1.41. The Labute approximate surface area is 76.5 Å². The van der Waals surface area contributed by atoms with Crippen LogP contribution in [-0.4, -0.2) is 11.5 Å². The minimum atomic E-state index is -0.790. The van der Waals surface area contributed by atoms with Crippen LogP contribution in [0.3, 0.4) is 0 Å². The van der Waals surface area contributed by atoms with Crippen LogP contribution in [0.1, 0.15) is 18.6 Å². The van der Waals surface area contributed by atoms with Crippen molar-refractivity contribution in [2.75, 3.05) is 0 Å². The molecule has 1 heterocycles. The molecular weight excluding hydrogens is 166 g/mol. The highest BCUT2D eigenvalue weighted by molar-refractivity contribution is 5.86. The molecule has 1 aromatic carbocycles. The predicted molar refractivity (Wildman–Crippen MR) is 47.9 cm³/mol. The summed E-state index contributed by atoms with van der Waals surface area (Å²) in [5, 5.41) is 0. The SMILES string of the molecule is C[C@@]1(C(N)=O)O[C@@H]1c1ccccc1. The van der Waals surface area contributed by atoms with E-state index in [0.29, 0.717) is 0 Å². The summed E-state index contributed by atoms with van der Waals surface area (Å²) in [7, 11) is 0. The summed E-state index contributed by atoms with van der Waals surface area (Å²) < 4.78 is 5.28. The Morgan fingerprint density at radius 1 is 1.46 bits per heavy atom. The highest BCUT2D eigenvalue weighted by Crippen LogP contribution is 2.48. The minimum absolute atomic E-state index is 0.161. The molecule has 1 saturated heterocycles. The van der Waals surface area contributed by atoms with Crippen molar-refractivity contribution in [2.45, 2.75) is 18.6 Å². The number of hydrogen-bond donors (Lipinski definition) is 1. The zero-order chi connectivity index (χ0) is 9.47. The Balaban J connectivity index is 2.21. The van der Waals surface area contributed by atoms with E-state index in [1.807, 2.05) is 30.3 Å². The first kappa shape index (κ1) is 8.26. The van der Waals surface area contributed by atoms with E-state index in [2.05, 4.69) is 0 Å². The first-order valence-electron chi connectivity index (χ1n) is 4.17. The normalized spacial score (nSPS) is 31.3. The standard InChI is InChI=1S/C10H11NO2/c1-10(9(11)12)8(13-10)7-5-3-2-4-6-7/h2-6,8H,1H3,(H2,11,12)/t8-,10-/m1/s1. The van der Waals surface area contributed by atoms with Crippen LogP contribution in [-0.2, 0) is 9.53 Å². The van der Waals surface area contributed by atoms with Gasteiger partial charge in [0.1, 0.15) is 6.10 Å². The highest BCUT2D eigenvalue weighted by atomic mass is 16.6. The van der Waals surface area contributed by atoms with Gasteiger partial charge in [0.05, 0.1) is 0 Å².